The van der Waals surface area contributed by atoms with Crippen molar-refractivity contribution in [2.75, 3.05) is 13.2 Å². The molecule has 0 bridgehead atoms. The maximum atomic E-state index is 5.71. The number of benzene rings is 2. The molecule has 0 unspecified atom stereocenters. The average molecular weight is 270 g/mol. The first kappa shape index (κ1) is 13.2. The topological polar surface area (TPSA) is 31.6 Å². The Labute approximate surface area is 118 Å². The van der Waals surface area contributed by atoms with Gasteiger partial charge in [0.2, 0.25) is 0 Å². The Bertz CT molecular complexity index is 708. The van der Waals surface area contributed by atoms with E-state index in [0.717, 1.165) is 16.5 Å². The first-order valence-electron chi connectivity index (χ1n) is 6.97. The number of hydrogen-bond acceptors (Lipinski definition) is 3. The number of furan rings is 1. The van der Waals surface area contributed by atoms with Crippen LogP contribution in [0.3, 0.4) is 0 Å². The molecule has 0 radical (unpaired) electrons. The summed E-state index contributed by atoms with van der Waals surface area (Å²) < 4.78 is 17.1. The average Bonchev–Trinajstić information content (AvgIpc) is 2.96. The first-order chi connectivity index (χ1) is 9.85. The van der Waals surface area contributed by atoms with Gasteiger partial charge >= 0.3 is 0 Å². The summed E-state index contributed by atoms with van der Waals surface area (Å²) in [5.41, 5.74) is 1.79. The summed E-state index contributed by atoms with van der Waals surface area (Å²) in [7, 11) is 0. The molecule has 3 rings (SSSR count). The van der Waals surface area contributed by atoms with Crippen LogP contribution < -0.4 is 0 Å². The van der Waals surface area contributed by atoms with Crippen LogP contribution >= 0.6 is 0 Å². The minimum Gasteiger partial charge on any atom is -0.464 e. The van der Waals surface area contributed by atoms with E-state index < -0.39 is 0 Å². The van der Waals surface area contributed by atoms with Gasteiger partial charge in [-0.2, -0.15) is 0 Å². The second kappa shape index (κ2) is 5.65. The van der Waals surface area contributed by atoms with Crippen LogP contribution in [0.4, 0.5) is 0 Å². The second-order valence-electron chi connectivity index (χ2n) is 4.59. The molecule has 2 aromatic carbocycles. The Morgan fingerprint density at radius 1 is 1.00 bits per heavy atom. The second-order valence-corrected chi connectivity index (χ2v) is 4.59. The number of hydrogen-bond donors (Lipinski definition) is 0. The minimum absolute atomic E-state index is 0.386. The molecule has 0 aliphatic carbocycles. The van der Waals surface area contributed by atoms with Gasteiger partial charge in [0, 0.05) is 18.6 Å². The van der Waals surface area contributed by atoms with E-state index in [1.165, 1.54) is 10.8 Å². The van der Waals surface area contributed by atoms with Crippen molar-refractivity contribution in [1.82, 2.24) is 0 Å². The Kier molecular flexibility index (Phi) is 3.72. The van der Waals surface area contributed by atoms with Gasteiger partial charge in [0.25, 0.3) is 0 Å². The van der Waals surface area contributed by atoms with E-state index in [0.29, 0.717) is 13.2 Å². The standard InChI is InChI=1S/C17H18O3/c1-3-18-17(19-4-2)15-11-12-7-5-6-8-13(12)14-9-10-20-16(14)15/h5-11,17H,3-4H2,1-2H3. The van der Waals surface area contributed by atoms with Crippen LogP contribution in [0.15, 0.2) is 47.1 Å². The van der Waals surface area contributed by atoms with Crippen molar-refractivity contribution >= 4 is 21.7 Å². The molecule has 0 amide bonds. The van der Waals surface area contributed by atoms with Crippen LogP contribution in [0.1, 0.15) is 25.7 Å². The molecule has 0 N–H and O–H groups in total. The molecular formula is C17H18O3. The summed E-state index contributed by atoms with van der Waals surface area (Å²) in [4.78, 5) is 0. The molecule has 3 nitrogen and oxygen atoms in total. The lowest BCUT2D eigenvalue weighted by atomic mass is 10.0. The van der Waals surface area contributed by atoms with Crippen molar-refractivity contribution in [2.45, 2.75) is 20.1 Å². The van der Waals surface area contributed by atoms with E-state index in [2.05, 4.69) is 18.2 Å². The van der Waals surface area contributed by atoms with Crippen molar-refractivity contribution < 1.29 is 13.9 Å². The van der Waals surface area contributed by atoms with Gasteiger partial charge in [-0.1, -0.05) is 24.3 Å². The highest BCUT2D eigenvalue weighted by atomic mass is 16.7. The van der Waals surface area contributed by atoms with Crippen LogP contribution in [-0.4, -0.2) is 13.2 Å². The molecule has 0 fully saturated rings. The van der Waals surface area contributed by atoms with E-state index in [-0.39, 0.29) is 6.29 Å². The number of rotatable bonds is 5. The van der Waals surface area contributed by atoms with E-state index >= 15 is 0 Å². The predicted octanol–water partition coefficient (Wildman–Crippen LogP) is 4.66. The molecular weight excluding hydrogens is 252 g/mol. The van der Waals surface area contributed by atoms with Gasteiger partial charge in [0.1, 0.15) is 5.58 Å². The summed E-state index contributed by atoms with van der Waals surface area (Å²) in [6.07, 6.45) is 1.33. The third-order valence-corrected chi connectivity index (χ3v) is 3.38. The van der Waals surface area contributed by atoms with Crippen LogP contribution in [0.5, 0.6) is 0 Å². The zero-order valence-corrected chi connectivity index (χ0v) is 11.8. The van der Waals surface area contributed by atoms with Crippen molar-refractivity contribution in [1.29, 1.82) is 0 Å². The van der Waals surface area contributed by atoms with Gasteiger partial charge in [0.05, 0.1) is 11.8 Å². The fourth-order valence-corrected chi connectivity index (χ4v) is 2.55. The molecule has 0 saturated carbocycles. The summed E-state index contributed by atoms with van der Waals surface area (Å²) >= 11 is 0. The van der Waals surface area contributed by atoms with Crippen LogP contribution in [0.25, 0.3) is 21.7 Å². The highest BCUT2D eigenvalue weighted by molar-refractivity contribution is 6.07. The SMILES string of the molecule is CCOC(OCC)c1cc2ccccc2c2ccoc12. The molecule has 0 spiro atoms. The van der Waals surface area contributed by atoms with Gasteiger partial charge in [0.15, 0.2) is 6.29 Å². The minimum atomic E-state index is -0.386. The quantitative estimate of drug-likeness (QED) is 0.632. The lowest BCUT2D eigenvalue weighted by molar-refractivity contribution is -0.139. The fraction of sp³-hybridized carbons (Fsp3) is 0.294. The van der Waals surface area contributed by atoms with E-state index in [9.17, 15) is 0 Å². The van der Waals surface area contributed by atoms with Crippen LogP contribution in [0, 0.1) is 0 Å². The third-order valence-electron chi connectivity index (χ3n) is 3.38. The molecule has 104 valence electrons. The van der Waals surface area contributed by atoms with Crippen molar-refractivity contribution in [3.63, 3.8) is 0 Å². The Hall–Kier alpha value is -1.84. The fourth-order valence-electron chi connectivity index (χ4n) is 2.55. The number of fused-ring (bicyclic) bond motifs is 3. The van der Waals surface area contributed by atoms with Gasteiger partial charge in [-0.05, 0) is 36.8 Å². The summed E-state index contributed by atoms with van der Waals surface area (Å²) in [5.74, 6) is 0. The van der Waals surface area contributed by atoms with E-state index in [4.69, 9.17) is 13.9 Å². The molecule has 0 aliphatic rings. The smallest absolute Gasteiger partial charge is 0.187 e. The first-order valence-corrected chi connectivity index (χ1v) is 6.97. The van der Waals surface area contributed by atoms with Gasteiger partial charge in [-0.25, -0.2) is 0 Å². The zero-order chi connectivity index (χ0) is 13.9. The Morgan fingerprint density at radius 3 is 2.50 bits per heavy atom. The van der Waals surface area contributed by atoms with Crippen LogP contribution in [0.2, 0.25) is 0 Å². The lowest BCUT2D eigenvalue weighted by Crippen LogP contribution is -2.09. The van der Waals surface area contributed by atoms with Gasteiger partial charge < -0.3 is 13.9 Å². The molecule has 0 atom stereocenters. The number of ether oxygens (including phenoxy) is 2. The maximum Gasteiger partial charge on any atom is 0.187 e. The maximum absolute atomic E-state index is 5.71. The largest absolute Gasteiger partial charge is 0.464 e. The molecule has 3 heteroatoms. The summed E-state index contributed by atoms with van der Waals surface area (Å²) in [5, 5.41) is 3.45. The lowest BCUT2D eigenvalue weighted by Gasteiger charge is -2.18. The summed E-state index contributed by atoms with van der Waals surface area (Å²) in [6, 6.07) is 12.4. The Morgan fingerprint density at radius 2 is 1.75 bits per heavy atom. The normalized spacial score (nSPS) is 11.8. The monoisotopic (exact) mass is 270 g/mol. The van der Waals surface area contributed by atoms with E-state index in [1.54, 1.807) is 6.26 Å². The van der Waals surface area contributed by atoms with E-state index in [1.807, 2.05) is 32.0 Å². The molecule has 0 aliphatic heterocycles. The zero-order valence-electron chi connectivity index (χ0n) is 11.8. The molecule has 0 saturated heterocycles. The van der Waals surface area contributed by atoms with Gasteiger partial charge in [-0.15, -0.1) is 0 Å². The predicted molar refractivity (Wildman–Crippen MR) is 79.7 cm³/mol. The Balaban J connectivity index is 2.23. The molecule has 1 aromatic heterocycles. The van der Waals surface area contributed by atoms with Crippen LogP contribution in [-0.2, 0) is 9.47 Å². The van der Waals surface area contributed by atoms with Crippen molar-refractivity contribution in [2.24, 2.45) is 0 Å². The van der Waals surface area contributed by atoms with Gasteiger partial charge in [-0.3, -0.25) is 0 Å². The molecule has 20 heavy (non-hydrogen) atoms. The highest BCUT2D eigenvalue weighted by Gasteiger charge is 2.18. The molecule has 3 aromatic rings. The molecule has 1 heterocycles. The summed E-state index contributed by atoms with van der Waals surface area (Å²) in [6.45, 7) is 5.12. The highest BCUT2D eigenvalue weighted by Crippen LogP contribution is 2.34. The third kappa shape index (κ3) is 2.19. The van der Waals surface area contributed by atoms with Crippen molar-refractivity contribution in [3.05, 3.63) is 48.2 Å². The van der Waals surface area contributed by atoms with Crippen molar-refractivity contribution in [3.8, 4) is 0 Å².